The summed E-state index contributed by atoms with van der Waals surface area (Å²) in [6.45, 7) is 0.357. The molecule has 0 unspecified atom stereocenters. The lowest BCUT2D eigenvalue weighted by Gasteiger charge is -2.25. The highest BCUT2D eigenvalue weighted by Crippen LogP contribution is 2.35. The lowest BCUT2D eigenvalue weighted by atomic mass is 9.85. The van der Waals surface area contributed by atoms with Crippen molar-refractivity contribution in [3.8, 4) is 5.75 Å². The molecule has 0 bridgehead atoms. The summed E-state index contributed by atoms with van der Waals surface area (Å²) in [6, 6.07) is 4.36. The predicted octanol–water partition coefficient (Wildman–Crippen LogP) is 5.43. The normalized spacial score (nSPS) is 14.3. The van der Waals surface area contributed by atoms with Crippen molar-refractivity contribution in [2.75, 3.05) is 11.9 Å². The summed E-state index contributed by atoms with van der Waals surface area (Å²) >= 11 is 11.7. The van der Waals surface area contributed by atoms with Crippen molar-refractivity contribution in [3.05, 3.63) is 40.1 Å². The van der Waals surface area contributed by atoms with Gasteiger partial charge in [-0.15, -0.1) is 0 Å². The van der Waals surface area contributed by atoms with Gasteiger partial charge >= 0.3 is 12.3 Å². The lowest BCUT2D eigenvalue weighted by molar-refractivity contribution is -0.142. The Morgan fingerprint density at radius 1 is 1.21 bits per heavy atom. The van der Waals surface area contributed by atoms with Gasteiger partial charge in [0.05, 0.1) is 6.20 Å². The molecular weight excluding hydrogens is 420 g/mol. The highest BCUT2D eigenvalue weighted by Gasteiger charge is 2.38. The number of benzene rings is 1. The van der Waals surface area contributed by atoms with E-state index in [1.54, 1.807) is 0 Å². The van der Waals surface area contributed by atoms with Crippen molar-refractivity contribution >= 4 is 40.9 Å². The first-order valence-electron chi connectivity index (χ1n) is 8.34. The Morgan fingerprint density at radius 2 is 1.89 bits per heavy atom. The fourth-order valence-electron chi connectivity index (χ4n) is 2.52. The zero-order valence-electron chi connectivity index (χ0n) is 14.3. The van der Waals surface area contributed by atoms with E-state index in [-0.39, 0.29) is 16.0 Å². The summed E-state index contributed by atoms with van der Waals surface area (Å²) in [7, 11) is 0. The van der Waals surface area contributed by atoms with E-state index >= 15 is 0 Å². The number of ether oxygens (including phenoxy) is 1. The Labute approximate surface area is 168 Å². The monoisotopic (exact) mass is 434 g/mol. The third kappa shape index (κ3) is 5.39. The molecule has 0 radical (unpaired) electrons. The van der Waals surface area contributed by atoms with Gasteiger partial charge in [-0.05, 0) is 37.0 Å². The quantitative estimate of drug-likeness (QED) is 0.655. The van der Waals surface area contributed by atoms with Gasteiger partial charge < -0.3 is 15.4 Å². The minimum absolute atomic E-state index is 0.286. The largest absolute Gasteiger partial charge is 0.437 e. The van der Waals surface area contributed by atoms with Crippen molar-refractivity contribution in [2.24, 2.45) is 5.92 Å². The number of hydrogen-bond acceptors (Lipinski definition) is 5. The molecule has 2 N–H and O–H groups in total. The van der Waals surface area contributed by atoms with E-state index in [4.69, 9.17) is 27.9 Å². The van der Waals surface area contributed by atoms with Crippen molar-refractivity contribution in [3.63, 3.8) is 0 Å². The van der Waals surface area contributed by atoms with Gasteiger partial charge in [0.1, 0.15) is 0 Å². The van der Waals surface area contributed by atoms with Crippen LogP contribution in [0, 0.1) is 5.92 Å². The van der Waals surface area contributed by atoms with E-state index in [2.05, 4.69) is 20.6 Å². The summed E-state index contributed by atoms with van der Waals surface area (Å²) in [6.07, 6.45) is -2.01. The number of amides is 1. The van der Waals surface area contributed by atoms with Crippen LogP contribution in [0.4, 0.5) is 29.6 Å². The Morgan fingerprint density at radius 3 is 2.46 bits per heavy atom. The van der Waals surface area contributed by atoms with Crippen LogP contribution in [0.1, 0.15) is 25.0 Å². The zero-order chi connectivity index (χ0) is 20.3. The zero-order valence-corrected chi connectivity index (χ0v) is 15.8. The molecule has 28 heavy (non-hydrogen) atoms. The van der Waals surface area contributed by atoms with Gasteiger partial charge in [0.25, 0.3) is 0 Å². The smallest absolute Gasteiger partial charge is 0.406 e. The first-order chi connectivity index (χ1) is 13.2. The molecule has 1 aromatic carbocycles. The first kappa shape index (κ1) is 20.5. The van der Waals surface area contributed by atoms with Crippen LogP contribution in [0.25, 0.3) is 0 Å². The number of aromatic nitrogens is 2. The first-order valence-corrected chi connectivity index (χ1v) is 9.09. The van der Waals surface area contributed by atoms with Gasteiger partial charge in [0, 0.05) is 22.3 Å². The van der Waals surface area contributed by atoms with Crippen molar-refractivity contribution < 1.29 is 22.7 Å². The van der Waals surface area contributed by atoms with Gasteiger partial charge in [0.2, 0.25) is 5.95 Å². The third-order valence-corrected chi connectivity index (χ3v) is 4.54. The summed E-state index contributed by atoms with van der Waals surface area (Å²) in [5.41, 5.74) is -1.07. The van der Waals surface area contributed by atoms with E-state index in [1.165, 1.54) is 18.2 Å². The fraction of sp³-hybridized carbons (Fsp3) is 0.353. The van der Waals surface area contributed by atoms with Gasteiger partial charge in [0.15, 0.2) is 11.4 Å². The van der Waals surface area contributed by atoms with Crippen LogP contribution < -0.4 is 15.4 Å². The molecule has 1 heterocycles. The van der Waals surface area contributed by atoms with E-state index in [9.17, 15) is 18.0 Å². The summed E-state index contributed by atoms with van der Waals surface area (Å²) < 4.78 is 44.8. The van der Waals surface area contributed by atoms with E-state index in [0.717, 1.165) is 25.5 Å². The molecule has 150 valence electrons. The molecule has 0 atom stereocenters. The number of carbonyl (C=O) groups excluding carboxylic acids is 1. The Kier molecular flexibility index (Phi) is 6.14. The van der Waals surface area contributed by atoms with Crippen LogP contribution in [0.3, 0.4) is 0 Å². The second kappa shape index (κ2) is 8.40. The van der Waals surface area contributed by atoms with Gasteiger partial charge in [-0.25, -0.2) is 14.8 Å². The van der Waals surface area contributed by atoms with E-state index < -0.39 is 23.7 Å². The summed E-state index contributed by atoms with van der Waals surface area (Å²) in [4.78, 5) is 19.0. The molecule has 3 rings (SSSR count). The van der Waals surface area contributed by atoms with Crippen molar-refractivity contribution in [2.45, 2.75) is 25.4 Å². The van der Waals surface area contributed by atoms with Gasteiger partial charge in [-0.2, -0.15) is 13.2 Å². The predicted molar refractivity (Wildman–Crippen MR) is 98.1 cm³/mol. The second-order valence-electron chi connectivity index (χ2n) is 6.25. The Hall–Kier alpha value is -2.26. The molecule has 11 heteroatoms. The number of carbonyl (C=O) groups is 1. The number of nitrogens with zero attached hydrogens (tertiary/aromatic N) is 2. The fourth-order valence-corrected chi connectivity index (χ4v) is 3.05. The molecule has 0 saturated heterocycles. The maximum atomic E-state index is 13.4. The molecule has 1 aliphatic carbocycles. The molecule has 1 amide bonds. The molecule has 2 aromatic rings. The number of anilines is 2. The standard InChI is InChI=1S/C17H15Cl2F3N4O2/c18-10-4-11(19)6-12(5-10)25-15-23-8-13(14(26-15)17(20,21)22)28-16(27)24-7-9-2-1-3-9/h4-6,8-9H,1-3,7H2,(H,24,27)(H,23,25,26). The van der Waals surface area contributed by atoms with Crippen LogP contribution in [0.2, 0.25) is 10.0 Å². The third-order valence-electron chi connectivity index (χ3n) is 4.10. The number of alkyl halides is 3. The average Bonchev–Trinajstić information content (AvgIpc) is 2.53. The minimum atomic E-state index is -4.85. The number of hydrogen-bond donors (Lipinski definition) is 2. The molecule has 1 saturated carbocycles. The molecular formula is C17H15Cl2F3N4O2. The maximum Gasteiger partial charge on any atom is 0.437 e. The SMILES string of the molecule is O=C(NCC1CCC1)Oc1cnc(Nc2cc(Cl)cc(Cl)c2)nc1C(F)(F)F. The highest BCUT2D eigenvalue weighted by molar-refractivity contribution is 6.35. The minimum Gasteiger partial charge on any atom is -0.406 e. The van der Waals surface area contributed by atoms with E-state index in [1.807, 2.05) is 0 Å². The molecule has 0 spiro atoms. The molecule has 6 nitrogen and oxygen atoms in total. The van der Waals surface area contributed by atoms with Crippen LogP contribution in [0.15, 0.2) is 24.4 Å². The average molecular weight is 435 g/mol. The number of nitrogens with one attached hydrogen (secondary N) is 2. The van der Waals surface area contributed by atoms with Crippen LogP contribution in [-0.4, -0.2) is 22.6 Å². The Balaban J connectivity index is 1.76. The Bertz CT molecular complexity index is 856. The van der Waals surface area contributed by atoms with Crippen molar-refractivity contribution in [1.82, 2.24) is 15.3 Å². The van der Waals surface area contributed by atoms with E-state index in [0.29, 0.717) is 18.2 Å². The van der Waals surface area contributed by atoms with Crippen LogP contribution in [-0.2, 0) is 6.18 Å². The molecule has 0 aliphatic heterocycles. The molecule has 1 aromatic heterocycles. The summed E-state index contributed by atoms with van der Waals surface area (Å²) in [5, 5.41) is 5.61. The second-order valence-corrected chi connectivity index (χ2v) is 7.13. The maximum absolute atomic E-state index is 13.4. The number of halogens is 5. The number of rotatable bonds is 5. The van der Waals surface area contributed by atoms with Crippen LogP contribution >= 0.6 is 23.2 Å². The van der Waals surface area contributed by atoms with Crippen molar-refractivity contribution in [1.29, 1.82) is 0 Å². The lowest BCUT2D eigenvalue weighted by Crippen LogP contribution is -2.34. The molecule has 1 fully saturated rings. The van der Waals surface area contributed by atoms with Gasteiger partial charge in [-0.1, -0.05) is 29.6 Å². The van der Waals surface area contributed by atoms with Crippen LogP contribution in [0.5, 0.6) is 5.75 Å². The topological polar surface area (TPSA) is 76.1 Å². The summed E-state index contributed by atoms with van der Waals surface area (Å²) in [5.74, 6) is -0.803. The molecule has 1 aliphatic rings. The van der Waals surface area contributed by atoms with Gasteiger partial charge in [-0.3, -0.25) is 0 Å². The highest BCUT2D eigenvalue weighted by atomic mass is 35.5.